The molecule has 6 N–H and O–H groups in total. The lowest BCUT2D eigenvalue weighted by atomic mass is 10.0. The number of nitrogens with zero attached hydrogens (tertiary/aromatic N) is 2. The van der Waals surface area contributed by atoms with Crippen LogP contribution in [0.4, 0.5) is 0 Å². The van der Waals surface area contributed by atoms with Crippen molar-refractivity contribution < 1.29 is 24.9 Å². The van der Waals surface area contributed by atoms with Crippen molar-refractivity contribution in [2.75, 3.05) is 19.8 Å². The molecule has 0 saturated heterocycles. The molecule has 1 aromatic heterocycles. The van der Waals surface area contributed by atoms with Gasteiger partial charge in [0, 0.05) is 0 Å². The minimum absolute atomic E-state index is 0.199. The Hall–Kier alpha value is -2.10. The van der Waals surface area contributed by atoms with Crippen LogP contribution >= 0.6 is 0 Å². The summed E-state index contributed by atoms with van der Waals surface area (Å²) in [5.74, 6) is -1.66. The average Bonchev–Trinajstić information content (AvgIpc) is 2.45. The summed E-state index contributed by atoms with van der Waals surface area (Å²) in [5.41, 5.74) is 2.99. The maximum absolute atomic E-state index is 11.8. The number of aliphatic hydroxyl groups excluding tert-OH is 3. The summed E-state index contributed by atoms with van der Waals surface area (Å²) in [7, 11) is 0. The predicted octanol–water partition coefficient (Wildman–Crippen LogP) is -2.98. The summed E-state index contributed by atoms with van der Waals surface area (Å²) in [6, 6.07) is 0. The summed E-state index contributed by atoms with van der Waals surface area (Å²) < 4.78 is 0. The van der Waals surface area contributed by atoms with E-state index in [9.17, 15) is 9.59 Å². The normalized spacial score (nSPS) is 11.1. The van der Waals surface area contributed by atoms with Crippen molar-refractivity contribution in [1.29, 1.82) is 0 Å². The van der Waals surface area contributed by atoms with Crippen molar-refractivity contribution in [3.05, 3.63) is 23.8 Å². The van der Waals surface area contributed by atoms with Crippen molar-refractivity contribution in [2.24, 2.45) is 5.73 Å². The molecule has 9 nitrogen and oxygen atoms in total. The zero-order valence-electron chi connectivity index (χ0n) is 9.91. The van der Waals surface area contributed by atoms with Crippen LogP contribution < -0.4 is 11.1 Å². The summed E-state index contributed by atoms with van der Waals surface area (Å²) in [6.07, 6.45) is 2.18. The second-order valence-corrected chi connectivity index (χ2v) is 3.86. The van der Waals surface area contributed by atoms with Gasteiger partial charge in [-0.3, -0.25) is 14.6 Å². The lowest BCUT2D eigenvalue weighted by Crippen LogP contribution is -2.57. The number of primary amides is 1. The van der Waals surface area contributed by atoms with Crippen LogP contribution in [0.5, 0.6) is 0 Å². The van der Waals surface area contributed by atoms with E-state index in [1.165, 1.54) is 0 Å². The molecule has 0 bridgehead atoms. The van der Waals surface area contributed by atoms with Crippen molar-refractivity contribution in [1.82, 2.24) is 15.3 Å². The Morgan fingerprint density at radius 3 is 2.16 bits per heavy atom. The number of carbonyl (C=O) groups excluding carboxylic acids is 2. The third kappa shape index (κ3) is 3.44. The average molecular weight is 270 g/mol. The Morgan fingerprint density at radius 1 is 1.16 bits per heavy atom. The first-order chi connectivity index (χ1) is 8.98. The van der Waals surface area contributed by atoms with Gasteiger partial charge >= 0.3 is 0 Å². The summed E-state index contributed by atoms with van der Waals surface area (Å²) in [4.78, 5) is 30.0. The van der Waals surface area contributed by atoms with Gasteiger partial charge in [0.2, 0.25) is 0 Å². The SMILES string of the molecule is NC(=O)c1cncc(C(=O)NC(CO)(CO)CO)n1. The van der Waals surface area contributed by atoms with Gasteiger partial charge in [-0.2, -0.15) is 0 Å². The summed E-state index contributed by atoms with van der Waals surface area (Å²) >= 11 is 0. The quantitative estimate of drug-likeness (QED) is 0.369. The number of nitrogens with two attached hydrogens (primary N) is 1. The number of carbonyl (C=O) groups is 2. The number of hydrogen-bond donors (Lipinski definition) is 5. The van der Waals surface area contributed by atoms with Crippen LogP contribution in [0.15, 0.2) is 12.4 Å². The van der Waals surface area contributed by atoms with Gasteiger partial charge in [-0.15, -0.1) is 0 Å². The maximum Gasteiger partial charge on any atom is 0.272 e. The summed E-state index contributed by atoms with van der Waals surface area (Å²) in [6.45, 7) is -2.02. The molecule has 0 aliphatic heterocycles. The molecule has 0 aliphatic carbocycles. The summed E-state index contributed by atoms with van der Waals surface area (Å²) in [5, 5.41) is 29.4. The van der Waals surface area contributed by atoms with Gasteiger partial charge in [-0.25, -0.2) is 4.98 Å². The van der Waals surface area contributed by atoms with Crippen LogP contribution in [0, 0.1) is 0 Å². The molecule has 0 aliphatic rings. The van der Waals surface area contributed by atoms with Gasteiger partial charge < -0.3 is 26.4 Å². The second-order valence-electron chi connectivity index (χ2n) is 3.86. The monoisotopic (exact) mass is 270 g/mol. The molecule has 1 heterocycles. The highest BCUT2D eigenvalue weighted by molar-refractivity contribution is 5.95. The predicted molar refractivity (Wildman–Crippen MR) is 62.0 cm³/mol. The Bertz CT molecular complexity index is 466. The second kappa shape index (κ2) is 6.18. The van der Waals surface area contributed by atoms with Crippen LogP contribution in [-0.4, -0.2) is 62.5 Å². The molecule has 19 heavy (non-hydrogen) atoms. The highest BCUT2D eigenvalue weighted by atomic mass is 16.3. The van der Waals surface area contributed by atoms with Crippen LogP contribution in [-0.2, 0) is 0 Å². The minimum atomic E-state index is -1.58. The minimum Gasteiger partial charge on any atom is -0.394 e. The van der Waals surface area contributed by atoms with Crippen LogP contribution in [0.1, 0.15) is 21.0 Å². The van der Waals surface area contributed by atoms with Gasteiger partial charge in [0.05, 0.1) is 32.2 Å². The lowest BCUT2D eigenvalue weighted by molar-refractivity contribution is 0.0373. The Balaban J connectivity index is 2.94. The molecule has 0 radical (unpaired) electrons. The number of hydrogen-bond acceptors (Lipinski definition) is 7. The van der Waals surface area contributed by atoms with Crippen molar-refractivity contribution in [3.63, 3.8) is 0 Å². The number of amides is 2. The topological polar surface area (TPSA) is 159 Å². The molecule has 1 rings (SSSR count). The Labute approximate surface area is 108 Å². The van der Waals surface area contributed by atoms with Gasteiger partial charge in [0.25, 0.3) is 11.8 Å². The van der Waals surface area contributed by atoms with E-state index in [0.29, 0.717) is 0 Å². The van der Waals surface area contributed by atoms with E-state index >= 15 is 0 Å². The number of aromatic nitrogens is 2. The molecule has 2 amide bonds. The first-order valence-electron chi connectivity index (χ1n) is 5.25. The third-order valence-corrected chi connectivity index (χ3v) is 2.41. The first-order valence-corrected chi connectivity index (χ1v) is 5.25. The largest absolute Gasteiger partial charge is 0.394 e. The van der Waals surface area contributed by atoms with E-state index in [4.69, 9.17) is 21.1 Å². The van der Waals surface area contributed by atoms with Crippen molar-refractivity contribution >= 4 is 11.8 Å². The third-order valence-electron chi connectivity index (χ3n) is 2.41. The lowest BCUT2D eigenvalue weighted by Gasteiger charge is -2.28. The zero-order chi connectivity index (χ0) is 14.5. The maximum atomic E-state index is 11.8. The van der Waals surface area contributed by atoms with Crippen molar-refractivity contribution in [2.45, 2.75) is 5.54 Å². The number of nitrogens with one attached hydrogen (secondary N) is 1. The molecular formula is C10H14N4O5. The molecular weight excluding hydrogens is 256 g/mol. The fourth-order valence-corrected chi connectivity index (χ4v) is 1.17. The molecule has 9 heteroatoms. The van der Waals surface area contributed by atoms with E-state index in [-0.39, 0.29) is 11.4 Å². The van der Waals surface area contributed by atoms with Crippen LogP contribution in [0.2, 0.25) is 0 Å². The molecule has 0 unspecified atom stereocenters. The molecule has 104 valence electrons. The van der Waals surface area contributed by atoms with E-state index in [2.05, 4.69) is 15.3 Å². The first kappa shape index (κ1) is 15.0. The molecule has 0 saturated carbocycles. The zero-order valence-corrected chi connectivity index (χ0v) is 9.91. The van der Waals surface area contributed by atoms with Crippen molar-refractivity contribution in [3.8, 4) is 0 Å². The van der Waals surface area contributed by atoms with Crippen LogP contribution in [0.3, 0.4) is 0 Å². The Morgan fingerprint density at radius 2 is 1.68 bits per heavy atom. The number of aliphatic hydroxyl groups is 3. The molecule has 0 fully saturated rings. The van der Waals surface area contributed by atoms with E-state index in [1.807, 2.05) is 0 Å². The highest BCUT2D eigenvalue weighted by Gasteiger charge is 2.30. The fraction of sp³-hybridized carbons (Fsp3) is 0.400. The van der Waals surface area contributed by atoms with Crippen LogP contribution in [0.25, 0.3) is 0 Å². The molecule has 1 aromatic rings. The van der Waals surface area contributed by atoms with Gasteiger partial charge in [-0.05, 0) is 0 Å². The molecule has 0 atom stereocenters. The highest BCUT2D eigenvalue weighted by Crippen LogP contribution is 2.04. The van der Waals surface area contributed by atoms with E-state index < -0.39 is 37.2 Å². The number of rotatable bonds is 6. The molecule has 0 aromatic carbocycles. The van der Waals surface area contributed by atoms with E-state index in [1.54, 1.807) is 0 Å². The van der Waals surface area contributed by atoms with Gasteiger partial charge in [-0.1, -0.05) is 0 Å². The van der Waals surface area contributed by atoms with E-state index in [0.717, 1.165) is 12.4 Å². The standard InChI is InChI=1S/C10H14N4O5/c11-8(18)6-1-12-2-7(13-6)9(19)14-10(3-15,4-16)5-17/h1-2,15-17H,3-5H2,(H2,11,18)(H,14,19). The van der Waals surface area contributed by atoms with Gasteiger partial charge in [0.15, 0.2) is 0 Å². The van der Waals surface area contributed by atoms with Gasteiger partial charge in [0.1, 0.15) is 16.9 Å². The fourth-order valence-electron chi connectivity index (χ4n) is 1.17. The Kier molecular flexibility index (Phi) is 4.87. The molecule has 0 spiro atoms. The smallest absolute Gasteiger partial charge is 0.272 e.